The molecule has 3 aliphatic rings. The van der Waals surface area contributed by atoms with Crippen molar-refractivity contribution in [3.05, 3.63) is 60.2 Å². The fraction of sp³-hybridized carbons (Fsp3) is 0.455. The number of ether oxygens (including phenoxy) is 1. The highest BCUT2D eigenvalue weighted by molar-refractivity contribution is 5.93. The molecule has 2 saturated heterocycles. The third-order valence-electron chi connectivity index (χ3n) is 8.97. The molecular formula is C33H37FN6O2. The number of amides is 1. The van der Waals surface area contributed by atoms with E-state index < -0.39 is 6.17 Å². The van der Waals surface area contributed by atoms with E-state index in [0.29, 0.717) is 45.0 Å². The fourth-order valence-electron chi connectivity index (χ4n) is 6.73. The minimum absolute atomic E-state index is 0.0432. The van der Waals surface area contributed by atoms with Gasteiger partial charge in [0, 0.05) is 37.6 Å². The van der Waals surface area contributed by atoms with E-state index in [0.717, 1.165) is 29.3 Å². The zero-order chi connectivity index (χ0) is 29.2. The van der Waals surface area contributed by atoms with E-state index in [4.69, 9.17) is 14.7 Å². The molecule has 2 fully saturated rings. The number of hydrogen-bond acceptors (Lipinski definition) is 7. The van der Waals surface area contributed by atoms with Crippen LogP contribution in [0, 0.1) is 11.3 Å². The van der Waals surface area contributed by atoms with Crippen LogP contribution >= 0.6 is 0 Å². The SMILES string of the molecule is C=CC(=O)N1CCN(c2nc(OC[C@@H]3C[C@@H](F)CN3C)nc3cc(-c4cccc5c4CCCC5)ccc23)C[C@@H]1CC#N. The minimum atomic E-state index is -0.859. The Labute approximate surface area is 246 Å². The van der Waals surface area contributed by atoms with Crippen LogP contribution in [-0.4, -0.2) is 83.8 Å². The predicted molar refractivity (Wildman–Crippen MR) is 161 cm³/mol. The summed E-state index contributed by atoms with van der Waals surface area (Å²) in [6, 6.07) is 15.0. The Morgan fingerprint density at radius 1 is 1.17 bits per heavy atom. The van der Waals surface area contributed by atoms with Gasteiger partial charge in [0.1, 0.15) is 18.6 Å². The molecule has 0 N–H and O–H groups in total. The number of rotatable bonds is 7. The highest BCUT2D eigenvalue weighted by Crippen LogP contribution is 2.36. The Hall–Kier alpha value is -4.03. The molecule has 2 aromatic carbocycles. The number of anilines is 1. The van der Waals surface area contributed by atoms with Crippen LogP contribution in [0.1, 0.15) is 36.8 Å². The van der Waals surface area contributed by atoms with Crippen molar-refractivity contribution in [2.75, 3.05) is 44.7 Å². The molecule has 0 spiro atoms. The van der Waals surface area contributed by atoms with E-state index in [2.05, 4.69) is 53.9 Å². The third-order valence-corrected chi connectivity index (χ3v) is 8.97. The molecule has 3 aromatic rings. The van der Waals surface area contributed by atoms with Crippen LogP contribution in [-0.2, 0) is 17.6 Å². The number of benzene rings is 2. The van der Waals surface area contributed by atoms with Gasteiger partial charge in [-0.05, 0) is 79.6 Å². The van der Waals surface area contributed by atoms with E-state index in [9.17, 15) is 14.4 Å². The number of aromatic nitrogens is 2. The van der Waals surface area contributed by atoms with Gasteiger partial charge in [0.2, 0.25) is 5.91 Å². The summed E-state index contributed by atoms with van der Waals surface area (Å²) in [7, 11) is 1.91. The topological polar surface area (TPSA) is 85.6 Å². The molecule has 0 unspecified atom stereocenters. The van der Waals surface area contributed by atoms with Gasteiger partial charge < -0.3 is 14.5 Å². The van der Waals surface area contributed by atoms with Gasteiger partial charge in [0.05, 0.1) is 24.0 Å². The van der Waals surface area contributed by atoms with Gasteiger partial charge in [-0.1, -0.05) is 30.8 Å². The lowest BCUT2D eigenvalue weighted by molar-refractivity contribution is -0.128. The Bertz CT molecular complexity index is 1540. The number of aryl methyl sites for hydroxylation is 1. The molecule has 3 atom stereocenters. The molecule has 6 rings (SSSR count). The summed E-state index contributed by atoms with van der Waals surface area (Å²) >= 11 is 0. The summed E-state index contributed by atoms with van der Waals surface area (Å²) in [5, 5.41) is 10.4. The Morgan fingerprint density at radius 2 is 2.02 bits per heavy atom. The number of nitriles is 1. The number of fused-ring (bicyclic) bond motifs is 2. The lowest BCUT2D eigenvalue weighted by Crippen LogP contribution is -2.55. The van der Waals surface area contributed by atoms with Gasteiger partial charge >= 0.3 is 6.01 Å². The molecule has 8 nitrogen and oxygen atoms in total. The van der Waals surface area contributed by atoms with Crippen molar-refractivity contribution in [1.82, 2.24) is 19.8 Å². The van der Waals surface area contributed by atoms with Crippen LogP contribution in [0.3, 0.4) is 0 Å². The van der Waals surface area contributed by atoms with Crippen molar-refractivity contribution >= 4 is 22.6 Å². The van der Waals surface area contributed by atoms with E-state index in [1.54, 1.807) is 4.90 Å². The maximum atomic E-state index is 14.0. The summed E-state index contributed by atoms with van der Waals surface area (Å²) in [6.07, 6.45) is 5.69. The maximum absolute atomic E-state index is 14.0. The molecule has 0 saturated carbocycles. The van der Waals surface area contributed by atoms with Crippen LogP contribution in [0.2, 0.25) is 0 Å². The second-order valence-electron chi connectivity index (χ2n) is 11.6. The van der Waals surface area contributed by atoms with Crippen molar-refractivity contribution in [2.24, 2.45) is 0 Å². The van der Waals surface area contributed by atoms with Crippen LogP contribution in [0.4, 0.5) is 10.2 Å². The molecular weight excluding hydrogens is 531 g/mol. The highest BCUT2D eigenvalue weighted by atomic mass is 19.1. The van der Waals surface area contributed by atoms with Gasteiger partial charge in [-0.3, -0.25) is 9.69 Å². The van der Waals surface area contributed by atoms with E-state index in [1.165, 1.54) is 35.6 Å². The quantitative estimate of drug-likeness (QED) is 0.382. The van der Waals surface area contributed by atoms with Crippen molar-refractivity contribution in [3.63, 3.8) is 0 Å². The number of carbonyl (C=O) groups excluding carboxylic acids is 1. The molecule has 218 valence electrons. The van der Waals surface area contributed by atoms with Gasteiger partial charge in [0.15, 0.2) is 0 Å². The van der Waals surface area contributed by atoms with Crippen LogP contribution in [0.5, 0.6) is 6.01 Å². The molecule has 1 amide bonds. The van der Waals surface area contributed by atoms with Crippen molar-refractivity contribution in [1.29, 1.82) is 5.26 Å². The third kappa shape index (κ3) is 5.56. The molecule has 42 heavy (non-hydrogen) atoms. The summed E-state index contributed by atoms with van der Waals surface area (Å²) in [5.74, 6) is 0.544. The molecule has 1 aliphatic carbocycles. The molecule has 0 radical (unpaired) electrons. The van der Waals surface area contributed by atoms with Crippen LogP contribution in [0.15, 0.2) is 49.1 Å². The van der Waals surface area contributed by atoms with Gasteiger partial charge in [0.25, 0.3) is 0 Å². The van der Waals surface area contributed by atoms with E-state index in [-0.39, 0.29) is 30.4 Å². The first-order valence-electron chi connectivity index (χ1n) is 14.9. The number of likely N-dealkylation sites (N-methyl/N-ethyl adjacent to an activating group) is 1. The van der Waals surface area contributed by atoms with Gasteiger partial charge in [-0.25, -0.2) is 4.39 Å². The Morgan fingerprint density at radius 3 is 2.81 bits per heavy atom. The standard InChI is InChI=1S/C33H37FN6O2/c1-3-31(41)40-16-15-39(20-25(40)13-14-35)32-29-12-11-23(28-10-6-8-22-7-4-5-9-27(22)28)17-30(29)36-33(37-32)42-21-26-18-24(34)19-38(26)2/h3,6,8,10-12,17,24-26H,1,4-5,7,9,13,15-16,18-21H2,2H3/t24-,25+,26+/m1/s1. The molecule has 1 aromatic heterocycles. The van der Waals surface area contributed by atoms with Crippen LogP contribution in [0.25, 0.3) is 22.0 Å². The van der Waals surface area contributed by atoms with Gasteiger partial charge in [-0.15, -0.1) is 0 Å². The fourth-order valence-corrected chi connectivity index (χ4v) is 6.73. The Balaban J connectivity index is 1.38. The average Bonchev–Trinajstić information content (AvgIpc) is 3.34. The number of alkyl halides is 1. The first-order valence-corrected chi connectivity index (χ1v) is 14.9. The monoisotopic (exact) mass is 568 g/mol. The van der Waals surface area contributed by atoms with Crippen molar-refractivity contribution in [2.45, 2.75) is 56.8 Å². The average molecular weight is 569 g/mol. The first kappa shape index (κ1) is 28.1. The van der Waals surface area contributed by atoms with E-state index in [1.807, 2.05) is 11.9 Å². The number of halogens is 1. The lowest BCUT2D eigenvalue weighted by atomic mass is 9.86. The number of piperazine rings is 1. The molecule has 2 aliphatic heterocycles. The maximum Gasteiger partial charge on any atom is 0.319 e. The number of likely N-dealkylation sites (tertiary alicyclic amines) is 1. The van der Waals surface area contributed by atoms with E-state index >= 15 is 0 Å². The summed E-state index contributed by atoms with van der Waals surface area (Å²) in [6.45, 7) is 5.80. The molecule has 0 bridgehead atoms. The van der Waals surface area contributed by atoms with Gasteiger partial charge in [-0.2, -0.15) is 15.2 Å². The van der Waals surface area contributed by atoms with Crippen LogP contribution < -0.4 is 9.64 Å². The Kier molecular flexibility index (Phi) is 8.07. The summed E-state index contributed by atoms with van der Waals surface area (Å²) in [4.78, 5) is 28.0. The zero-order valence-electron chi connectivity index (χ0n) is 24.1. The highest BCUT2D eigenvalue weighted by Gasteiger charge is 2.32. The predicted octanol–water partition coefficient (Wildman–Crippen LogP) is 4.71. The van der Waals surface area contributed by atoms with Crippen molar-refractivity contribution < 1.29 is 13.9 Å². The lowest BCUT2D eigenvalue weighted by Gasteiger charge is -2.41. The smallest absolute Gasteiger partial charge is 0.319 e. The largest absolute Gasteiger partial charge is 0.462 e. The van der Waals surface area contributed by atoms with Crippen molar-refractivity contribution in [3.8, 4) is 23.2 Å². The molecule has 9 heteroatoms. The summed E-state index contributed by atoms with van der Waals surface area (Å²) in [5.41, 5.74) is 5.96. The number of nitrogens with zero attached hydrogens (tertiary/aromatic N) is 6. The number of carbonyl (C=O) groups is 1. The normalized spacial score (nSPS) is 22.5. The zero-order valence-corrected chi connectivity index (χ0v) is 24.1. The second kappa shape index (κ2) is 12.1. The summed E-state index contributed by atoms with van der Waals surface area (Å²) < 4.78 is 20.2. The number of hydrogen-bond donors (Lipinski definition) is 0. The first-order chi connectivity index (χ1) is 20.4. The minimum Gasteiger partial charge on any atom is -0.462 e. The molecule has 3 heterocycles. The second-order valence-corrected chi connectivity index (χ2v) is 11.6.